The van der Waals surface area contributed by atoms with Gasteiger partial charge < -0.3 is 10.6 Å². The Balaban J connectivity index is 1.85. The Morgan fingerprint density at radius 2 is 1.77 bits per heavy atom. The smallest absolute Gasteiger partial charge is 0.416 e. The van der Waals surface area contributed by atoms with Gasteiger partial charge in [0.05, 0.1) is 5.56 Å². The number of para-hydroxylation sites is 1. The number of carbonyl (C=O) groups is 1. The molecule has 26 heavy (non-hydrogen) atoms. The minimum atomic E-state index is -4.46. The van der Waals surface area contributed by atoms with Crippen molar-refractivity contribution in [2.24, 2.45) is 0 Å². The predicted octanol–water partition coefficient (Wildman–Crippen LogP) is 6.15. The highest BCUT2D eigenvalue weighted by Crippen LogP contribution is 2.38. The van der Waals surface area contributed by atoms with Gasteiger partial charge in [0, 0.05) is 5.69 Å². The number of thiophene rings is 1. The quantitative estimate of drug-likeness (QED) is 0.571. The number of halogens is 3. The van der Waals surface area contributed by atoms with Crippen molar-refractivity contribution in [1.29, 1.82) is 0 Å². The van der Waals surface area contributed by atoms with Crippen molar-refractivity contribution in [2.45, 2.75) is 12.2 Å². The molecule has 3 rings (SSSR count). The van der Waals surface area contributed by atoms with Crippen LogP contribution in [0.1, 0.15) is 16.5 Å². The third-order valence-electron chi connectivity index (χ3n) is 3.55. The van der Waals surface area contributed by atoms with Gasteiger partial charge in [-0.05, 0) is 34.5 Å². The van der Waals surface area contributed by atoms with Crippen LogP contribution in [0.3, 0.4) is 0 Å². The third kappa shape index (κ3) is 4.43. The van der Waals surface area contributed by atoms with E-state index >= 15 is 0 Å². The fourth-order valence-electron chi connectivity index (χ4n) is 2.34. The molecule has 0 saturated carbocycles. The van der Waals surface area contributed by atoms with Crippen molar-refractivity contribution in [3.8, 4) is 0 Å². The second kappa shape index (κ2) is 7.61. The van der Waals surface area contributed by atoms with E-state index in [0.29, 0.717) is 10.6 Å². The highest BCUT2D eigenvalue weighted by molar-refractivity contribution is 7.10. The fraction of sp³-hybridized carbons (Fsp3) is 0.105. The molecule has 0 aliphatic carbocycles. The Hall–Kier alpha value is -2.80. The van der Waals surface area contributed by atoms with E-state index in [4.69, 9.17) is 0 Å². The number of alkyl halides is 3. The Morgan fingerprint density at radius 1 is 1.00 bits per heavy atom. The fourth-order valence-corrected chi connectivity index (χ4v) is 3.10. The Labute approximate surface area is 152 Å². The summed E-state index contributed by atoms with van der Waals surface area (Å²) in [6.45, 7) is 0. The number of nitrogens with one attached hydrogen (secondary N) is 1. The van der Waals surface area contributed by atoms with Crippen LogP contribution in [0.15, 0.2) is 72.1 Å². The lowest BCUT2D eigenvalue weighted by Gasteiger charge is -2.31. The van der Waals surface area contributed by atoms with Crippen LogP contribution in [-0.2, 0) is 11.0 Å². The van der Waals surface area contributed by atoms with Crippen LogP contribution in [0.2, 0.25) is 0 Å². The van der Waals surface area contributed by atoms with E-state index < -0.39 is 23.7 Å². The number of hydrogen-bond acceptors (Lipinski definition) is 2. The molecule has 3 nitrogen and oxygen atoms in total. The number of carbonyl (C=O) groups excluding carboxylic acids is 1. The summed E-state index contributed by atoms with van der Waals surface area (Å²) in [6.07, 6.45) is -4.46. The lowest BCUT2D eigenvalue weighted by Crippen LogP contribution is -2.19. The maximum Gasteiger partial charge on any atom is 0.416 e. The van der Waals surface area contributed by atoms with Gasteiger partial charge >= 0.3 is 6.18 Å². The van der Waals surface area contributed by atoms with Crippen molar-refractivity contribution < 1.29 is 18.0 Å². The van der Waals surface area contributed by atoms with E-state index in [0.717, 1.165) is 12.1 Å². The number of rotatable bonds is 5. The second-order valence-corrected chi connectivity index (χ2v) is 6.43. The van der Waals surface area contributed by atoms with Crippen molar-refractivity contribution in [1.82, 2.24) is 0 Å². The van der Waals surface area contributed by atoms with Gasteiger partial charge in [0.2, 0.25) is 5.91 Å². The molecule has 0 fully saturated rings. The highest BCUT2D eigenvalue weighted by atomic mass is 32.1. The first-order chi connectivity index (χ1) is 12.4. The largest absolute Gasteiger partial charge is 0.670 e. The summed E-state index contributed by atoms with van der Waals surface area (Å²) in [6, 6.07) is 16.0. The van der Waals surface area contributed by atoms with Crippen molar-refractivity contribution in [3.05, 3.63) is 87.9 Å². The molecule has 0 aliphatic rings. The van der Waals surface area contributed by atoms with Crippen LogP contribution in [-0.4, -0.2) is 5.91 Å². The third-order valence-corrected chi connectivity index (χ3v) is 4.48. The van der Waals surface area contributed by atoms with Crippen LogP contribution in [0.5, 0.6) is 0 Å². The van der Waals surface area contributed by atoms with Crippen LogP contribution in [0, 0.1) is 0 Å². The molecule has 2 aromatic carbocycles. The van der Waals surface area contributed by atoms with Gasteiger partial charge in [0.25, 0.3) is 0 Å². The normalized spacial score (nSPS) is 12.4. The Bertz CT molecular complexity index is 864. The number of hydrogen-bond donors (Lipinski definition) is 1. The van der Waals surface area contributed by atoms with Crippen molar-refractivity contribution in [3.63, 3.8) is 0 Å². The minimum absolute atomic E-state index is 0.0986. The first-order valence-corrected chi connectivity index (χ1v) is 8.59. The molecule has 0 spiro atoms. The Kier molecular flexibility index (Phi) is 5.27. The zero-order valence-corrected chi connectivity index (χ0v) is 14.2. The summed E-state index contributed by atoms with van der Waals surface area (Å²) in [4.78, 5) is 13.3. The molecular weight excluding hydrogens is 361 g/mol. The number of amides is 1. The molecular formula is C19H14F3N2OS-. The topological polar surface area (TPSA) is 43.2 Å². The molecule has 1 atom stereocenters. The molecule has 0 radical (unpaired) electrons. The van der Waals surface area contributed by atoms with Crippen molar-refractivity contribution in [2.75, 3.05) is 5.32 Å². The molecule has 134 valence electrons. The molecule has 1 N–H and O–H groups in total. The van der Waals surface area contributed by atoms with Gasteiger partial charge in [-0.25, -0.2) is 0 Å². The zero-order chi connectivity index (χ0) is 18.6. The van der Waals surface area contributed by atoms with Crippen molar-refractivity contribution >= 4 is 28.6 Å². The number of benzene rings is 2. The number of anilines is 1. The van der Waals surface area contributed by atoms with Crippen LogP contribution in [0.25, 0.3) is 5.32 Å². The standard InChI is InChI=1S/C19H14F3N2OS/c20-19(21,22)13-6-4-9-15(12-13)23-17(16-10-5-11-26-16)18(25)24-14-7-2-1-3-8-14/h1-12,17H,(H,24,25)/q-1. The molecule has 0 saturated heterocycles. The van der Waals surface area contributed by atoms with Crippen LogP contribution >= 0.6 is 11.3 Å². The van der Waals surface area contributed by atoms with Gasteiger partial charge in [0.15, 0.2) is 0 Å². The van der Waals surface area contributed by atoms with Gasteiger partial charge in [-0.15, -0.1) is 17.0 Å². The first kappa shape index (κ1) is 18.0. The molecule has 0 bridgehead atoms. The molecule has 1 unspecified atom stereocenters. The molecule has 3 aromatic rings. The molecule has 1 amide bonds. The van der Waals surface area contributed by atoms with Gasteiger partial charge in [-0.3, -0.25) is 4.79 Å². The van der Waals surface area contributed by atoms with Gasteiger partial charge in [-0.1, -0.05) is 48.5 Å². The maximum atomic E-state index is 12.9. The summed E-state index contributed by atoms with van der Waals surface area (Å²) in [5.41, 5.74) is -0.105. The lowest BCUT2D eigenvalue weighted by atomic mass is 10.1. The molecule has 1 heterocycles. The minimum Gasteiger partial charge on any atom is -0.670 e. The van der Waals surface area contributed by atoms with Gasteiger partial charge in [-0.2, -0.15) is 13.2 Å². The molecule has 0 aliphatic heterocycles. The molecule has 7 heteroatoms. The average molecular weight is 375 g/mol. The second-order valence-electron chi connectivity index (χ2n) is 5.45. The summed E-state index contributed by atoms with van der Waals surface area (Å²) < 4.78 is 38.7. The van der Waals surface area contributed by atoms with E-state index in [9.17, 15) is 18.0 Å². The predicted molar refractivity (Wildman–Crippen MR) is 96.6 cm³/mol. The van der Waals surface area contributed by atoms with E-state index in [-0.39, 0.29) is 5.69 Å². The van der Waals surface area contributed by atoms with E-state index in [1.807, 2.05) is 6.07 Å². The zero-order valence-electron chi connectivity index (χ0n) is 13.4. The van der Waals surface area contributed by atoms with Crippen LogP contribution < -0.4 is 5.32 Å². The number of nitrogens with zero attached hydrogens (tertiary/aromatic N) is 1. The maximum absolute atomic E-state index is 12.9. The molecule has 1 aromatic heterocycles. The highest BCUT2D eigenvalue weighted by Gasteiger charge is 2.29. The Morgan fingerprint density at radius 3 is 2.42 bits per heavy atom. The summed E-state index contributed by atoms with van der Waals surface area (Å²) in [5.74, 6) is -0.406. The summed E-state index contributed by atoms with van der Waals surface area (Å²) >= 11 is 1.32. The summed E-state index contributed by atoms with van der Waals surface area (Å²) in [5, 5.41) is 8.81. The monoisotopic (exact) mass is 375 g/mol. The average Bonchev–Trinajstić information content (AvgIpc) is 3.14. The summed E-state index contributed by atoms with van der Waals surface area (Å²) in [7, 11) is 0. The van der Waals surface area contributed by atoms with E-state index in [1.165, 1.54) is 23.5 Å². The van der Waals surface area contributed by atoms with E-state index in [2.05, 4.69) is 10.6 Å². The van der Waals surface area contributed by atoms with Crippen LogP contribution in [0.4, 0.5) is 24.5 Å². The van der Waals surface area contributed by atoms with Gasteiger partial charge in [0.1, 0.15) is 0 Å². The van der Waals surface area contributed by atoms with E-state index in [1.54, 1.807) is 41.8 Å². The lowest BCUT2D eigenvalue weighted by molar-refractivity contribution is -0.137. The first-order valence-electron chi connectivity index (χ1n) is 7.71. The SMILES string of the molecule is O=C(Nc1ccccc1)C([N-]c1cccc(C(F)(F)F)c1)c1cccs1.